The molecule has 1 aliphatic carbocycles. The van der Waals surface area contributed by atoms with Crippen LogP contribution in [0.25, 0.3) is 0 Å². The van der Waals surface area contributed by atoms with Crippen LogP contribution in [-0.2, 0) is 26.5 Å². The lowest BCUT2D eigenvalue weighted by atomic mass is 9.75. The van der Waals surface area contributed by atoms with E-state index in [1.54, 1.807) is 0 Å². The summed E-state index contributed by atoms with van der Waals surface area (Å²) in [5.74, 6) is 0.176. The number of hydrogen-bond acceptors (Lipinski definition) is 3. The minimum absolute atomic E-state index is 0.0318. The van der Waals surface area contributed by atoms with Gasteiger partial charge in [0.15, 0.2) is 16.6 Å². The van der Waals surface area contributed by atoms with Crippen LogP contribution in [0.1, 0.15) is 70.7 Å². The second-order valence-corrected chi connectivity index (χ2v) is 24.9. The van der Waals surface area contributed by atoms with Crippen LogP contribution < -0.4 is 0 Å². The Hall–Kier alpha value is -2.00. The number of allylic oxidation sites excluding steroid dienone is 1. The van der Waals surface area contributed by atoms with Crippen molar-refractivity contribution < 1.29 is 13.6 Å². The molecule has 1 saturated heterocycles. The molecule has 1 fully saturated rings. The Balaban J connectivity index is 1.82. The third-order valence-electron chi connectivity index (χ3n) is 10.5. The molecule has 1 aliphatic heterocycles. The first kappa shape index (κ1) is 31.9. The lowest BCUT2D eigenvalue weighted by Gasteiger charge is -2.42. The van der Waals surface area contributed by atoms with Crippen LogP contribution in [0.4, 0.5) is 0 Å². The van der Waals surface area contributed by atoms with Crippen molar-refractivity contribution in [2.24, 2.45) is 5.41 Å². The number of rotatable bonds is 9. The first-order chi connectivity index (χ1) is 18.9. The van der Waals surface area contributed by atoms with E-state index in [9.17, 15) is 0 Å². The maximum atomic E-state index is 15.0. The summed E-state index contributed by atoms with van der Waals surface area (Å²) < 4.78 is 14.4. The van der Waals surface area contributed by atoms with Gasteiger partial charge < -0.3 is 13.8 Å². The zero-order valence-electron chi connectivity index (χ0n) is 27.2. The number of nitrogens with zero attached hydrogens (tertiary/aromatic N) is 1. The van der Waals surface area contributed by atoms with Crippen LogP contribution in [-0.4, -0.2) is 46.2 Å². The average Bonchev–Trinajstić information content (AvgIpc) is 3.33. The van der Waals surface area contributed by atoms with Crippen LogP contribution in [0.15, 0.2) is 67.3 Å². The predicted octanol–water partition coefficient (Wildman–Crippen LogP) is 8.71. The van der Waals surface area contributed by atoms with Crippen LogP contribution in [0.5, 0.6) is 0 Å². The average molecular weight is 592 g/mol. The zero-order chi connectivity index (χ0) is 30.4. The Kier molecular flexibility index (Phi) is 8.76. The first-order valence-corrected chi connectivity index (χ1v) is 21.1. The minimum atomic E-state index is -2.19. The van der Waals surface area contributed by atoms with E-state index in [2.05, 4.69) is 128 Å². The number of benzene rings is 2. The topological polar surface area (TPSA) is 38.8 Å². The fourth-order valence-electron chi connectivity index (χ4n) is 6.05. The van der Waals surface area contributed by atoms with E-state index in [1.807, 2.05) is 12.1 Å². The number of carbonyl (C=O) groups excluding carboxylic acids is 1. The maximum absolute atomic E-state index is 15.0. The highest BCUT2D eigenvalue weighted by Crippen LogP contribution is 2.51. The van der Waals surface area contributed by atoms with Gasteiger partial charge >= 0.3 is 0 Å². The SMILES string of the molecule is C=CC[C@@]1(Cc2ccccc2)C(=O)N([C@H]2c3ccccc3C[C@H]2O[Si](C)(C)C(C)(C)C)C[C@H]1O[Si](C)(C)C(C)(C)C. The van der Waals surface area contributed by atoms with Crippen molar-refractivity contribution in [2.75, 3.05) is 6.54 Å². The highest BCUT2D eigenvalue weighted by Gasteiger charge is 2.59. The van der Waals surface area contributed by atoms with E-state index in [4.69, 9.17) is 8.85 Å². The molecular formula is C35H53NO3Si2. The molecule has 4 nitrogen and oxygen atoms in total. The summed E-state index contributed by atoms with van der Waals surface area (Å²) >= 11 is 0. The van der Waals surface area contributed by atoms with E-state index in [0.29, 0.717) is 19.4 Å². The second kappa shape index (κ2) is 11.3. The molecule has 1 heterocycles. The van der Waals surface area contributed by atoms with Crippen molar-refractivity contribution in [1.82, 2.24) is 4.90 Å². The van der Waals surface area contributed by atoms with Crippen molar-refractivity contribution in [2.45, 2.75) is 115 Å². The fraction of sp³-hybridized carbons (Fsp3) is 0.571. The molecule has 0 aromatic heterocycles. The molecule has 2 aliphatic rings. The number of likely N-dealkylation sites (tertiary alicyclic amines) is 1. The van der Waals surface area contributed by atoms with Gasteiger partial charge in [0.2, 0.25) is 5.91 Å². The molecule has 224 valence electrons. The van der Waals surface area contributed by atoms with Gasteiger partial charge in [-0.1, -0.05) is 102 Å². The van der Waals surface area contributed by atoms with Gasteiger partial charge in [0.05, 0.1) is 23.7 Å². The molecular weight excluding hydrogens is 539 g/mol. The Morgan fingerprint density at radius 3 is 2.05 bits per heavy atom. The van der Waals surface area contributed by atoms with Crippen molar-refractivity contribution >= 4 is 22.5 Å². The summed E-state index contributed by atoms with van der Waals surface area (Å²) in [6.45, 7) is 27.6. The fourth-order valence-corrected chi connectivity index (χ4v) is 8.74. The van der Waals surface area contributed by atoms with Gasteiger partial charge in [0, 0.05) is 13.0 Å². The molecule has 1 amide bonds. The summed E-state index contributed by atoms with van der Waals surface area (Å²) in [6, 6.07) is 18.9. The van der Waals surface area contributed by atoms with Gasteiger partial charge in [-0.2, -0.15) is 0 Å². The zero-order valence-corrected chi connectivity index (χ0v) is 29.2. The van der Waals surface area contributed by atoms with E-state index in [0.717, 1.165) is 12.0 Å². The lowest BCUT2D eigenvalue weighted by molar-refractivity contribution is -0.141. The van der Waals surface area contributed by atoms with Crippen molar-refractivity contribution in [3.05, 3.63) is 83.9 Å². The standard InChI is InChI=1S/C35H53NO3Si2/c1-12-22-35(24-26-18-14-13-15-19-26)30(39-41(10,11)34(5,6)7)25-36(32(35)37)31-28-21-17-16-20-27(28)23-29(31)38-40(8,9)33(2,3)4/h12-21,29-31H,1,22-25H2,2-11H3/t29-,30-,31+,35+/m1/s1. The maximum Gasteiger partial charge on any atom is 0.232 e. The normalized spacial score (nSPS) is 25.5. The van der Waals surface area contributed by atoms with E-state index < -0.39 is 22.0 Å². The third kappa shape index (κ3) is 6.08. The van der Waals surface area contributed by atoms with Gasteiger partial charge in [-0.15, -0.1) is 6.58 Å². The summed E-state index contributed by atoms with van der Waals surface area (Å²) in [5.41, 5.74) is 2.97. The summed E-state index contributed by atoms with van der Waals surface area (Å²) in [4.78, 5) is 17.2. The Morgan fingerprint density at radius 1 is 0.902 bits per heavy atom. The molecule has 4 atom stereocenters. The Labute approximate surface area is 251 Å². The predicted molar refractivity (Wildman–Crippen MR) is 176 cm³/mol. The Bertz CT molecular complexity index is 1240. The van der Waals surface area contributed by atoms with Crippen LogP contribution in [0, 0.1) is 5.41 Å². The molecule has 0 bridgehead atoms. The molecule has 4 rings (SSSR count). The van der Waals surface area contributed by atoms with Crippen LogP contribution >= 0.6 is 0 Å². The van der Waals surface area contributed by atoms with Crippen molar-refractivity contribution in [1.29, 1.82) is 0 Å². The van der Waals surface area contributed by atoms with Crippen LogP contribution in [0.3, 0.4) is 0 Å². The second-order valence-electron chi connectivity index (χ2n) is 15.4. The van der Waals surface area contributed by atoms with E-state index >= 15 is 4.79 Å². The number of amides is 1. The minimum Gasteiger partial charge on any atom is -0.411 e. The largest absolute Gasteiger partial charge is 0.411 e. The lowest BCUT2D eigenvalue weighted by Crippen LogP contribution is -2.50. The smallest absolute Gasteiger partial charge is 0.232 e. The highest BCUT2D eigenvalue weighted by atomic mass is 28.4. The Morgan fingerprint density at radius 2 is 1.46 bits per heavy atom. The van der Waals surface area contributed by atoms with Gasteiger partial charge in [0.25, 0.3) is 0 Å². The van der Waals surface area contributed by atoms with Gasteiger partial charge in [-0.25, -0.2) is 0 Å². The molecule has 0 spiro atoms. The molecule has 2 aromatic carbocycles. The number of fused-ring (bicyclic) bond motifs is 1. The molecule has 6 heteroatoms. The number of carbonyl (C=O) groups is 1. The molecule has 41 heavy (non-hydrogen) atoms. The first-order valence-electron chi connectivity index (χ1n) is 15.3. The summed E-state index contributed by atoms with van der Waals surface area (Å²) in [5, 5.41) is 0.110. The van der Waals surface area contributed by atoms with E-state index in [-0.39, 0.29) is 34.2 Å². The van der Waals surface area contributed by atoms with Crippen molar-refractivity contribution in [3.63, 3.8) is 0 Å². The van der Waals surface area contributed by atoms with Gasteiger partial charge in [0.1, 0.15) is 0 Å². The molecule has 0 saturated carbocycles. The van der Waals surface area contributed by atoms with Gasteiger partial charge in [-0.05, 0) is 65.8 Å². The van der Waals surface area contributed by atoms with Crippen molar-refractivity contribution in [3.8, 4) is 0 Å². The monoisotopic (exact) mass is 591 g/mol. The molecule has 0 radical (unpaired) electrons. The summed E-state index contributed by atoms with van der Waals surface area (Å²) in [6.07, 6.45) is 3.68. The molecule has 0 N–H and O–H groups in total. The van der Waals surface area contributed by atoms with Gasteiger partial charge in [-0.3, -0.25) is 4.79 Å². The summed E-state index contributed by atoms with van der Waals surface area (Å²) in [7, 11) is -4.29. The third-order valence-corrected chi connectivity index (χ3v) is 19.5. The molecule has 2 aromatic rings. The van der Waals surface area contributed by atoms with Crippen LogP contribution in [0.2, 0.25) is 36.3 Å². The van der Waals surface area contributed by atoms with E-state index in [1.165, 1.54) is 11.1 Å². The molecule has 0 unspecified atom stereocenters. The number of hydrogen-bond donors (Lipinski definition) is 0. The highest BCUT2D eigenvalue weighted by molar-refractivity contribution is 6.74. The quantitative estimate of drug-likeness (QED) is 0.216.